The number of hydrogen-bond donors (Lipinski definition) is 2. The van der Waals surface area contributed by atoms with E-state index in [-0.39, 0.29) is 24.8 Å². The molecule has 2 aromatic rings. The Morgan fingerprint density at radius 1 is 1.10 bits per heavy atom. The molecule has 0 aromatic heterocycles. The number of carbonyl (C=O) groups excluding carboxylic acids is 1. The number of halogens is 2. The Labute approximate surface area is 248 Å². The maximum Gasteiger partial charge on any atom is 0.304 e. The van der Waals surface area contributed by atoms with E-state index in [0.29, 0.717) is 29.3 Å². The van der Waals surface area contributed by atoms with Crippen molar-refractivity contribution in [2.45, 2.75) is 89.3 Å². The summed E-state index contributed by atoms with van der Waals surface area (Å²) in [7, 11) is -2.89. The fraction of sp³-hybridized carbons (Fsp3) is 0.533. The minimum absolute atomic E-state index is 0.157. The van der Waals surface area contributed by atoms with Crippen LogP contribution in [0.1, 0.15) is 88.8 Å². The topological polar surface area (TPSA) is 95.0 Å². The molecule has 2 aliphatic rings. The lowest BCUT2D eigenvalue weighted by Crippen LogP contribution is -2.61. The van der Waals surface area contributed by atoms with Gasteiger partial charge in [-0.3, -0.25) is 9.59 Å². The Balaban J connectivity index is 1.89. The minimum Gasteiger partial charge on any atom is -0.481 e. The molecule has 218 valence electrons. The van der Waals surface area contributed by atoms with E-state index in [4.69, 9.17) is 23.2 Å². The molecule has 0 unspecified atom stereocenters. The van der Waals surface area contributed by atoms with Gasteiger partial charge < -0.3 is 10.0 Å². The highest BCUT2D eigenvalue weighted by Crippen LogP contribution is 2.52. The number of likely N-dealkylation sites (tertiary alicyclic amines) is 1. The average molecular weight is 610 g/mol. The molecule has 2 fully saturated rings. The molecule has 1 heterocycles. The zero-order valence-electron chi connectivity index (χ0n) is 23.2. The van der Waals surface area contributed by atoms with Gasteiger partial charge in [0.2, 0.25) is 16.8 Å². The summed E-state index contributed by atoms with van der Waals surface area (Å²) in [6.07, 6.45) is 3.72. The SMILES string of the molecule is CC[C@@H](CN([SH](=O)=O)C1(CC)CCC1)N1C(=O)[C@](C)(CC(=O)O)C[C@H](c2cccc(Cl)c2)[C@H]1c1ccc(Cl)cc1. The van der Waals surface area contributed by atoms with Gasteiger partial charge in [-0.25, -0.2) is 8.42 Å². The van der Waals surface area contributed by atoms with Crippen molar-refractivity contribution in [3.63, 3.8) is 0 Å². The van der Waals surface area contributed by atoms with Crippen molar-refractivity contribution in [2.75, 3.05) is 6.54 Å². The second kappa shape index (κ2) is 12.4. The summed E-state index contributed by atoms with van der Waals surface area (Å²) in [5.74, 6) is -1.61. The first-order valence-electron chi connectivity index (χ1n) is 13.9. The highest BCUT2D eigenvalue weighted by Gasteiger charge is 2.53. The monoisotopic (exact) mass is 608 g/mol. The zero-order valence-corrected chi connectivity index (χ0v) is 25.6. The van der Waals surface area contributed by atoms with E-state index in [0.717, 1.165) is 30.4 Å². The molecule has 4 atom stereocenters. The van der Waals surface area contributed by atoms with Crippen LogP contribution in [0.25, 0.3) is 0 Å². The van der Waals surface area contributed by atoms with Gasteiger partial charge >= 0.3 is 5.97 Å². The first kappa shape index (κ1) is 30.8. The third kappa shape index (κ3) is 6.06. The maximum absolute atomic E-state index is 14.5. The molecule has 4 rings (SSSR count). The van der Waals surface area contributed by atoms with Gasteiger partial charge in [0.1, 0.15) is 0 Å². The zero-order chi connectivity index (χ0) is 29.2. The van der Waals surface area contributed by atoms with Crippen molar-refractivity contribution in [1.82, 2.24) is 9.21 Å². The number of rotatable bonds is 11. The highest BCUT2D eigenvalue weighted by molar-refractivity contribution is 7.69. The van der Waals surface area contributed by atoms with E-state index in [1.165, 1.54) is 0 Å². The fourth-order valence-corrected chi connectivity index (χ4v) is 8.04. The van der Waals surface area contributed by atoms with E-state index < -0.39 is 39.9 Å². The predicted octanol–water partition coefficient (Wildman–Crippen LogP) is 6.47. The number of benzene rings is 2. The largest absolute Gasteiger partial charge is 0.481 e. The molecule has 1 saturated heterocycles. The molecule has 1 N–H and O–H groups in total. The van der Waals surface area contributed by atoms with Crippen LogP contribution in [-0.2, 0) is 20.5 Å². The van der Waals surface area contributed by atoms with Crippen LogP contribution in [0, 0.1) is 5.41 Å². The molecule has 7 nitrogen and oxygen atoms in total. The molecular formula is C30H38Cl2N2O5S. The van der Waals surface area contributed by atoms with Gasteiger partial charge in [-0.1, -0.05) is 68.2 Å². The molecule has 0 spiro atoms. The molecule has 1 saturated carbocycles. The predicted molar refractivity (Wildman–Crippen MR) is 158 cm³/mol. The lowest BCUT2D eigenvalue weighted by molar-refractivity contribution is -0.161. The first-order chi connectivity index (χ1) is 18.9. The highest BCUT2D eigenvalue weighted by atomic mass is 35.5. The summed E-state index contributed by atoms with van der Waals surface area (Å²) in [6, 6.07) is 13.9. The number of piperidine rings is 1. The van der Waals surface area contributed by atoms with Crippen LogP contribution in [0.3, 0.4) is 0 Å². The normalized spacial score (nSPS) is 25.2. The van der Waals surface area contributed by atoms with Crippen LogP contribution >= 0.6 is 23.2 Å². The van der Waals surface area contributed by atoms with Crippen LogP contribution in [0.2, 0.25) is 10.0 Å². The van der Waals surface area contributed by atoms with Crippen molar-refractivity contribution < 1.29 is 23.1 Å². The third-order valence-electron chi connectivity index (χ3n) is 9.07. The Morgan fingerprint density at radius 2 is 1.77 bits per heavy atom. The van der Waals surface area contributed by atoms with Gasteiger partial charge in [-0.2, -0.15) is 4.31 Å². The fourth-order valence-electron chi connectivity index (χ4n) is 6.71. The smallest absolute Gasteiger partial charge is 0.304 e. The molecule has 1 amide bonds. The number of hydrogen-bond acceptors (Lipinski definition) is 4. The molecule has 1 aliphatic heterocycles. The van der Waals surface area contributed by atoms with Crippen molar-refractivity contribution in [3.05, 3.63) is 69.7 Å². The second-order valence-corrected chi connectivity index (χ2v) is 13.4. The number of aliphatic carboxylic acids is 1. The molecule has 1 aliphatic carbocycles. The lowest BCUT2D eigenvalue weighted by atomic mass is 9.67. The molecule has 2 aromatic carbocycles. The van der Waals surface area contributed by atoms with Crippen LogP contribution < -0.4 is 0 Å². The van der Waals surface area contributed by atoms with Crippen molar-refractivity contribution in [1.29, 1.82) is 0 Å². The molecule has 0 radical (unpaired) electrons. The maximum atomic E-state index is 14.5. The molecule has 0 bridgehead atoms. The van der Waals surface area contributed by atoms with Gasteiger partial charge in [-0.05, 0) is 73.9 Å². The Kier molecular flexibility index (Phi) is 9.55. The summed E-state index contributed by atoms with van der Waals surface area (Å²) in [4.78, 5) is 28.3. The average Bonchev–Trinajstić information content (AvgIpc) is 2.87. The van der Waals surface area contributed by atoms with Gasteiger partial charge in [-0.15, -0.1) is 0 Å². The Bertz CT molecular complexity index is 1300. The van der Waals surface area contributed by atoms with E-state index in [9.17, 15) is 23.1 Å². The summed E-state index contributed by atoms with van der Waals surface area (Å²) >= 11 is 12.7. The molecular weight excluding hydrogens is 571 g/mol. The van der Waals surface area contributed by atoms with Crippen LogP contribution in [0.15, 0.2) is 48.5 Å². The summed E-state index contributed by atoms with van der Waals surface area (Å²) in [5.41, 5.74) is 0.115. The number of amides is 1. The van der Waals surface area contributed by atoms with E-state index in [1.54, 1.807) is 34.3 Å². The van der Waals surface area contributed by atoms with Crippen LogP contribution in [-0.4, -0.2) is 52.7 Å². The van der Waals surface area contributed by atoms with E-state index >= 15 is 0 Å². The number of thiol groups is 1. The van der Waals surface area contributed by atoms with Gasteiger partial charge in [0.05, 0.1) is 17.9 Å². The third-order valence-corrected chi connectivity index (χ3v) is 10.5. The number of nitrogens with zero attached hydrogens (tertiary/aromatic N) is 2. The molecule has 10 heteroatoms. The Hall–Kier alpha value is -2.13. The van der Waals surface area contributed by atoms with Gasteiger partial charge in [0.15, 0.2) is 0 Å². The van der Waals surface area contributed by atoms with Gasteiger partial charge in [0.25, 0.3) is 0 Å². The van der Waals surface area contributed by atoms with Crippen molar-refractivity contribution >= 4 is 46.0 Å². The number of carbonyl (C=O) groups is 2. The van der Waals surface area contributed by atoms with Crippen LogP contribution in [0.4, 0.5) is 0 Å². The van der Waals surface area contributed by atoms with Crippen LogP contribution in [0.5, 0.6) is 0 Å². The van der Waals surface area contributed by atoms with Crippen molar-refractivity contribution in [2.24, 2.45) is 5.41 Å². The number of carboxylic acids is 1. The number of carboxylic acid groups (broad SMARTS) is 1. The lowest BCUT2D eigenvalue weighted by Gasteiger charge is -2.54. The minimum atomic E-state index is -2.89. The summed E-state index contributed by atoms with van der Waals surface area (Å²) in [5, 5.41) is 11.0. The van der Waals surface area contributed by atoms with E-state index in [2.05, 4.69) is 0 Å². The summed E-state index contributed by atoms with van der Waals surface area (Å²) in [6.45, 7) is 5.83. The van der Waals surface area contributed by atoms with Crippen molar-refractivity contribution in [3.8, 4) is 0 Å². The van der Waals surface area contributed by atoms with E-state index in [1.807, 2.05) is 44.2 Å². The van der Waals surface area contributed by atoms with Gasteiger partial charge in [0, 0.05) is 34.1 Å². The molecule has 40 heavy (non-hydrogen) atoms. The summed E-state index contributed by atoms with van der Waals surface area (Å²) < 4.78 is 26.9. The standard InChI is InChI=1S/C30H38Cl2N2O5S/c1-4-24(19-33(40(38)39)30(5-2)14-7-15-30)34-27(20-10-12-22(31)13-11-20)25(21-8-6-9-23(32)16-21)17-29(3,28(34)37)18-26(35)36/h6,8-13,16,24-25,27,40H,4-5,7,14-15,17-19H2,1-3H3,(H,35,36)/t24-,25+,27+,29-/m0/s1. The first-order valence-corrected chi connectivity index (χ1v) is 15.8. The quantitative estimate of drug-likeness (QED) is 0.285. The second-order valence-electron chi connectivity index (χ2n) is 11.5. The Morgan fingerprint density at radius 3 is 2.27 bits per heavy atom.